The van der Waals surface area contributed by atoms with Crippen LogP contribution in [0.3, 0.4) is 0 Å². The van der Waals surface area contributed by atoms with Gasteiger partial charge in [0.1, 0.15) is 11.0 Å². The molecular formula is C24H40N2O3. The van der Waals surface area contributed by atoms with E-state index in [4.69, 9.17) is 14.1 Å². The first-order chi connectivity index (χ1) is 14.2. The molecule has 0 aliphatic heterocycles. The van der Waals surface area contributed by atoms with Gasteiger partial charge in [-0.2, -0.15) is 0 Å². The number of unbranched alkanes of at least 4 members (excludes halogenated alkanes) is 10. The summed E-state index contributed by atoms with van der Waals surface area (Å²) in [4.78, 5) is 0. The molecule has 0 radical (unpaired) electrons. The van der Waals surface area contributed by atoms with Crippen molar-refractivity contribution in [1.82, 2.24) is 10.3 Å². The SMILES string of the molecule is CCCCCCCCOc1c(OCCCCCCCC)c(C)c2nonc2c1C. The number of hydrogen-bond acceptors (Lipinski definition) is 5. The van der Waals surface area contributed by atoms with Crippen LogP contribution in [0.2, 0.25) is 0 Å². The predicted molar refractivity (Wildman–Crippen MR) is 119 cm³/mol. The summed E-state index contributed by atoms with van der Waals surface area (Å²) in [5.41, 5.74) is 3.45. The molecule has 0 unspecified atom stereocenters. The summed E-state index contributed by atoms with van der Waals surface area (Å²) in [7, 11) is 0. The molecule has 0 saturated heterocycles. The molecule has 5 nitrogen and oxygen atoms in total. The number of rotatable bonds is 16. The largest absolute Gasteiger partial charge is 0.489 e. The molecule has 0 aliphatic carbocycles. The Morgan fingerprint density at radius 3 is 1.38 bits per heavy atom. The second-order valence-electron chi connectivity index (χ2n) is 8.10. The molecule has 0 spiro atoms. The minimum atomic E-state index is 0.705. The molecule has 0 bridgehead atoms. The Morgan fingerprint density at radius 2 is 0.966 bits per heavy atom. The van der Waals surface area contributed by atoms with Crippen molar-refractivity contribution in [2.45, 2.75) is 105 Å². The summed E-state index contributed by atoms with van der Waals surface area (Å²) in [6.07, 6.45) is 14.9. The highest BCUT2D eigenvalue weighted by atomic mass is 16.6. The fraction of sp³-hybridized carbons (Fsp3) is 0.750. The van der Waals surface area contributed by atoms with Crippen LogP contribution in [0.1, 0.15) is 102 Å². The van der Waals surface area contributed by atoms with E-state index in [9.17, 15) is 0 Å². The molecule has 1 heterocycles. The van der Waals surface area contributed by atoms with E-state index in [2.05, 4.69) is 24.2 Å². The minimum absolute atomic E-state index is 0.705. The first-order valence-corrected chi connectivity index (χ1v) is 11.7. The molecule has 0 saturated carbocycles. The Balaban J connectivity index is 1.95. The Morgan fingerprint density at radius 1 is 0.586 bits per heavy atom. The van der Waals surface area contributed by atoms with Gasteiger partial charge in [0.25, 0.3) is 0 Å². The lowest BCUT2D eigenvalue weighted by Gasteiger charge is -2.17. The van der Waals surface area contributed by atoms with Crippen molar-refractivity contribution in [2.24, 2.45) is 0 Å². The number of aryl methyl sites for hydroxylation is 2. The van der Waals surface area contributed by atoms with E-state index < -0.39 is 0 Å². The second kappa shape index (κ2) is 13.4. The maximum Gasteiger partial charge on any atom is 0.166 e. The molecule has 0 aliphatic rings. The Labute approximate surface area is 176 Å². The number of aromatic nitrogens is 2. The monoisotopic (exact) mass is 404 g/mol. The molecule has 2 rings (SSSR count). The highest BCUT2D eigenvalue weighted by Gasteiger charge is 2.21. The average molecular weight is 405 g/mol. The van der Waals surface area contributed by atoms with E-state index in [1.807, 2.05) is 13.8 Å². The molecule has 5 heteroatoms. The van der Waals surface area contributed by atoms with Crippen molar-refractivity contribution >= 4 is 11.0 Å². The lowest BCUT2D eigenvalue weighted by molar-refractivity contribution is 0.256. The predicted octanol–water partition coefficient (Wildman–Crippen LogP) is 7.32. The summed E-state index contributed by atoms with van der Waals surface area (Å²) < 4.78 is 17.4. The number of hydrogen-bond donors (Lipinski definition) is 0. The van der Waals surface area contributed by atoms with Crippen molar-refractivity contribution < 1.29 is 14.1 Å². The summed E-state index contributed by atoms with van der Waals surface area (Å²) in [6, 6.07) is 0. The molecule has 0 fully saturated rings. The molecule has 29 heavy (non-hydrogen) atoms. The van der Waals surface area contributed by atoms with Crippen LogP contribution in [0, 0.1) is 13.8 Å². The van der Waals surface area contributed by atoms with Crippen LogP contribution < -0.4 is 9.47 Å². The zero-order chi connectivity index (χ0) is 20.9. The Kier molecular flexibility index (Phi) is 10.9. The quantitative estimate of drug-likeness (QED) is 0.274. The van der Waals surface area contributed by atoms with Crippen LogP contribution >= 0.6 is 0 Å². The molecule has 0 atom stereocenters. The van der Waals surface area contributed by atoms with Gasteiger partial charge in [-0.05, 0) is 37.0 Å². The third-order valence-corrected chi connectivity index (χ3v) is 5.57. The minimum Gasteiger partial charge on any atom is -0.489 e. The second-order valence-corrected chi connectivity index (χ2v) is 8.10. The summed E-state index contributed by atoms with van der Waals surface area (Å²) in [5, 5.41) is 8.15. The zero-order valence-corrected chi connectivity index (χ0v) is 19.0. The first-order valence-electron chi connectivity index (χ1n) is 11.7. The fourth-order valence-electron chi connectivity index (χ4n) is 3.70. The van der Waals surface area contributed by atoms with E-state index in [0.717, 1.165) is 46.5 Å². The van der Waals surface area contributed by atoms with Gasteiger partial charge < -0.3 is 9.47 Å². The molecule has 164 valence electrons. The van der Waals surface area contributed by atoms with E-state index in [-0.39, 0.29) is 0 Å². The van der Waals surface area contributed by atoms with Gasteiger partial charge >= 0.3 is 0 Å². The van der Waals surface area contributed by atoms with Gasteiger partial charge in [-0.25, -0.2) is 4.63 Å². The normalized spacial score (nSPS) is 11.3. The maximum absolute atomic E-state index is 6.21. The lowest BCUT2D eigenvalue weighted by atomic mass is 10.1. The molecule has 1 aromatic heterocycles. The number of nitrogens with zero attached hydrogens (tertiary/aromatic N) is 2. The topological polar surface area (TPSA) is 57.4 Å². The summed E-state index contributed by atoms with van der Waals surface area (Å²) in [6.45, 7) is 9.93. The molecule has 0 N–H and O–H groups in total. The molecule has 2 aromatic rings. The van der Waals surface area contributed by atoms with Gasteiger partial charge in [-0.1, -0.05) is 78.1 Å². The Bertz CT molecular complexity index is 654. The van der Waals surface area contributed by atoms with Crippen molar-refractivity contribution in [3.63, 3.8) is 0 Å². The van der Waals surface area contributed by atoms with E-state index in [1.165, 1.54) is 64.2 Å². The highest BCUT2D eigenvalue weighted by Crippen LogP contribution is 2.40. The van der Waals surface area contributed by atoms with Crippen molar-refractivity contribution in [3.05, 3.63) is 11.1 Å². The van der Waals surface area contributed by atoms with Gasteiger partial charge in [0.05, 0.1) is 13.2 Å². The van der Waals surface area contributed by atoms with Crippen LogP contribution in [-0.2, 0) is 0 Å². The van der Waals surface area contributed by atoms with Crippen LogP contribution in [0.5, 0.6) is 11.5 Å². The number of benzene rings is 1. The third kappa shape index (κ3) is 7.20. The van der Waals surface area contributed by atoms with E-state index in [0.29, 0.717) is 13.2 Å². The number of ether oxygens (including phenoxy) is 2. The number of fused-ring (bicyclic) bond motifs is 1. The zero-order valence-electron chi connectivity index (χ0n) is 19.0. The summed E-state index contributed by atoms with van der Waals surface area (Å²) >= 11 is 0. The average Bonchev–Trinajstić information content (AvgIpc) is 3.22. The fourth-order valence-corrected chi connectivity index (χ4v) is 3.70. The van der Waals surface area contributed by atoms with Crippen molar-refractivity contribution in [2.75, 3.05) is 13.2 Å². The first kappa shape index (κ1) is 23.5. The van der Waals surface area contributed by atoms with E-state index >= 15 is 0 Å². The van der Waals surface area contributed by atoms with Gasteiger partial charge in [0, 0.05) is 11.1 Å². The van der Waals surface area contributed by atoms with E-state index in [1.54, 1.807) is 0 Å². The lowest BCUT2D eigenvalue weighted by Crippen LogP contribution is -2.06. The maximum atomic E-state index is 6.21. The third-order valence-electron chi connectivity index (χ3n) is 5.57. The summed E-state index contributed by atoms with van der Waals surface area (Å²) in [5.74, 6) is 1.62. The molecule has 1 aromatic carbocycles. The smallest absolute Gasteiger partial charge is 0.166 e. The van der Waals surface area contributed by atoms with Gasteiger partial charge in [0.15, 0.2) is 11.5 Å². The van der Waals surface area contributed by atoms with Gasteiger partial charge in [0.2, 0.25) is 0 Å². The van der Waals surface area contributed by atoms with Crippen LogP contribution in [0.4, 0.5) is 0 Å². The highest BCUT2D eigenvalue weighted by molar-refractivity contribution is 5.86. The van der Waals surface area contributed by atoms with Gasteiger partial charge in [-0.15, -0.1) is 0 Å². The van der Waals surface area contributed by atoms with Crippen molar-refractivity contribution in [1.29, 1.82) is 0 Å². The Hall–Kier alpha value is -1.78. The van der Waals surface area contributed by atoms with Crippen LogP contribution in [0.15, 0.2) is 4.63 Å². The van der Waals surface area contributed by atoms with Crippen molar-refractivity contribution in [3.8, 4) is 11.5 Å². The molecule has 0 amide bonds. The molecular weight excluding hydrogens is 364 g/mol. The van der Waals surface area contributed by atoms with Gasteiger partial charge in [-0.3, -0.25) is 0 Å². The van der Waals surface area contributed by atoms with Crippen LogP contribution in [0.25, 0.3) is 11.0 Å². The standard InChI is InChI=1S/C24H40N2O3/c1-5-7-9-11-13-15-17-27-23-19(3)21-22(26-29-25-21)20(4)24(23)28-18-16-14-12-10-8-6-2/h5-18H2,1-4H3. The van der Waals surface area contributed by atoms with Crippen LogP contribution in [-0.4, -0.2) is 23.5 Å².